The zero-order valence-corrected chi connectivity index (χ0v) is 18.6. The molecule has 0 saturated heterocycles. The molecule has 3 aromatic rings. The summed E-state index contributed by atoms with van der Waals surface area (Å²) in [6, 6.07) is 19.3. The topological polar surface area (TPSA) is 39.7 Å². The molecule has 0 amide bonds. The first-order valence-electron chi connectivity index (χ1n) is 9.75. The lowest BCUT2D eigenvalue weighted by Gasteiger charge is -2.15. The van der Waals surface area contributed by atoms with Gasteiger partial charge in [-0.05, 0) is 42.8 Å². The van der Waals surface area contributed by atoms with Crippen molar-refractivity contribution in [2.24, 2.45) is 0 Å². The molecule has 3 aromatic carbocycles. The van der Waals surface area contributed by atoms with E-state index in [1.807, 2.05) is 49.4 Å². The molecule has 0 aliphatic carbocycles. The van der Waals surface area contributed by atoms with Crippen molar-refractivity contribution in [3.05, 3.63) is 87.4 Å². The summed E-state index contributed by atoms with van der Waals surface area (Å²) in [6.45, 7) is 4.24. The minimum absolute atomic E-state index is 0.335. The van der Waals surface area contributed by atoms with Crippen LogP contribution < -0.4 is 19.5 Å². The van der Waals surface area contributed by atoms with E-state index in [9.17, 15) is 0 Å². The highest BCUT2D eigenvalue weighted by Gasteiger charge is 2.09. The molecule has 0 bridgehead atoms. The quantitative estimate of drug-likeness (QED) is 0.399. The molecule has 30 heavy (non-hydrogen) atoms. The smallest absolute Gasteiger partial charge is 0.161 e. The van der Waals surface area contributed by atoms with Crippen molar-refractivity contribution in [3.63, 3.8) is 0 Å². The summed E-state index contributed by atoms with van der Waals surface area (Å²) in [7, 11) is 1.68. The summed E-state index contributed by atoms with van der Waals surface area (Å²) in [4.78, 5) is 0. The van der Waals surface area contributed by atoms with Crippen LogP contribution in [0, 0.1) is 0 Å². The number of benzene rings is 3. The van der Waals surface area contributed by atoms with E-state index in [0.717, 1.165) is 22.4 Å². The zero-order valence-electron chi connectivity index (χ0n) is 17.1. The lowest BCUT2D eigenvalue weighted by Crippen LogP contribution is -2.13. The molecule has 0 radical (unpaired) electrons. The molecule has 4 nitrogen and oxygen atoms in total. The maximum Gasteiger partial charge on any atom is 0.161 e. The molecule has 0 unspecified atom stereocenters. The number of nitrogens with one attached hydrogen (secondary N) is 1. The van der Waals surface area contributed by atoms with Crippen LogP contribution in [0.2, 0.25) is 10.0 Å². The fraction of sp³-hybridized carbons (Fsp3) is 0.250. The van der Waals surface area contributed by atoms with E-state index in [2.05, 4.69) is 11.4 Å². The van der Waals surface area contributed by atoms with E-state index in [1.54, 1.807) is 19.2 Å². The molecule has 0 spiro atoms. The molecule has 3 rings (SSSR count). The Morgan fingerprint density at radius 1 is 0.800 bits per heavy atom. The molecular weight excluding hydrogens is 421 g/mol. The van der Waals surface area contributed by atoms with E-state index in [1.165, 1.54) is 0 Å². The van der Waals surface area contributed by atoms with E-state index >= 15 is 0 Å². The third kappa shape index (κ3) is 6.05. The highest BCUT2D eigenvalue weighted by Crippen LogP contribution is 2.30. The van der Waals surface area contributed by atoms with Crippen molar-refractivity contribution in [2.75, 3.05) is 13.7 Å². The normalized spacial score (nSPS) is 10.7. The van der Waals surface area contributed by atoms with E-state index in [0.29, 0.717) is 47.8 Å². The second kappa shape index (κ2) is 11.1. The van der Waals surface area contributed by atoms with Crippen molar-refractivity contribution in [2.45, 2.75) is 26.6 Å². The SMILES string of the molecule is CCOc1cc(CNCc2ccccc2OC)ccc1OCc1ccc(Cl)cc1Cl. The Bertz CT molecular complexity index is 978. The minimum Gasteiger partial charge on any atom is -0.496 e. The van der Waals surface area contributed by atoms with Crippen LogP contribution in [0.25, 0.3) is 0 Å². The lowest BCUT2D eigenvalue weighted by atomic mass is 10.1. The molecule has 0 heterocycles. The molecular formula is C24H25Cl2NO3. The van der Waals surface area contributed by atoms with Gasteiger partial charge in [0.15, 0.2) is 11.5 Å². The first kappa shape index (κ1) is 22.3. The van der Waals surface area contributed by atoms with Gasteiger partial charge in [-0.2, -0.15) is 0 Å². The highest BCUT2D eigenvalue weighted by atomic mass is 35.5. The fourth-order valence-corrected chi connectivity index (χ4v) is 3.50. The second-order valence-corrected chi connectivity index (χ2v) is 7.50. The molecule has 0 aromatic heterocycles. The summed E-state index contributed by atoms with van der Waals surface area (Å²) in [5.41, 5.74) is 3.08. The molecule has 0 atom stereocenters. The minimum atomic E-state index is 0.335. The van der Waals surface area contributed by atoms with Gasteiger partial charge in [0.05, 0.1) is 13.7 Å². The Morgan fingerprint density at radius 2 is 1.63 bits per heavy atom. The summed E-state index contributed by atoms with van der Waals surface area (Å²) >= 11 is 12.2. The van der Waals surface area contributed by atoms with Gasteiger partial charge in [0, 0.05) is 34.3 Å². The van der Waals surface area contributed by atoms with Gasteiger partial charge in [-0.3, -0.25) is 0 Å². The van der Waals surface area contributed by atoms with Crippen LogP contribution in [0.3, 0.4) is 0 Å². The number of halogens is 2. The average Bonchev–Trinajstić information content (AvgIpc) is 2.75. The summed E-state index contributed by atoms with van der Waals surface area (Å²) < 4.78 is 17.2. The number of rotatable bonds is 10. The van der Waals surface area contributed by atoms with E-state index in [-0.39, 0.29) is 0 Å². The van der Waals surface area contributed by atoms with Gasteiger partial charge >= 0.3 is 0 Å². The maximum atomic E-state index is 6.24. The third-order valence-corrected chi connectivity index (χ3v) is 5.13. The largest absolute Gasteiger partial charge is 0.496 e. The Hall–Kier alpha value is -2.40. The monoisotopic (exact) mass is 445 g/mol. The van der Waals surface area contributed by atoms with Crippen LogP contribution >= 0.6 is 23.2 Å². The van der Waals surface area contributed by atoms with Crippen LogP contribution in [0.5, 0.6) is 17.2 Å². The first-order valence-corrected chi connectivity index (χ1v) is 10.5. The van der Waals surface area contributed by atoms with Crippen molar-refractivity contribution in [1.29, 1.82) is 0 Å². The molecule has 158 valence electrons. The standard InChI is InChI=1S/C24H25Cl2NO3/c1-3-29-24-12-17(14-27-15-18-6-4-5-7-22(18)28-2)8-11-23(24)30-16-19-9-10-20(25)13-21(19)26/h4-13,27H,3,14-16H2,1-2H3. The van der Waals surface area contributed by atoms with Gasteiger partial charge in [0.25, 0.3) is 0 Å². The fourth-order valence-electron chi connectivity index (χ4n) is 3.03. The molecule has 0 aliphatic rings. The zero-order chi connectivity index (χ0) is 21.3. The van der Waals surface area contributed by atoms with Gasteiger partial charge in [-0.1, -0.05) is 53.5 Å². The number of ether oxygens (including phenoxy) is 3. The van der Waals surface area contributed by atoms with E-state index < -0.39 is 0 Å². The Labute approximate surface area is 187 Å². The van der Waals surface area contributed by atoms with Gasteiger partial charge in [0.1, 0.15) is 12.4 Å². The number of para-hydroxylation sites is 1. The van der Waals surface area contributed by atoms with Crippen LogP contribution in [-0.2, 0) is 19.7 Å². The second-order valence-electron chi connectivity index (χ2n) is 6.65. The van der Waals surface area contributed by atoms with Crippen LogP contribution in [0.4, 0.5) is 0 Å². The molecule has 6 heteroatoms. The van der Waals surface area contributed by atoms with Crippen molar-refractivity contribution >= 4 is 23.2 Å². The van der Waals surface area contributed by atoms with Crippen LogP contribution in [-0.4, -0.2) is 13.7 Å². The highest BCUT2D eigenvalue weighted by molar-refractivity contribution is 6.35. The first-order chi connectivity index (χ1) is 14.6. The predicted molar refractivity (Wildman–Crippen MR) is 122 cm³/mol. The number of hydrogen-bond acceptors (Lipinski definition) is 4. The van der Waals surface area contributed by atoms with Crippen molar-refractivity contribution < 1.29 is 14.2 Å². The van der Waals surface area contributed by atoms with Crippen LogP contribution in [0.1, 0.15) is 23.6 Å². The molecule has 0 saturated carbocycles. The van der Waals surface area contributed by atoms with Crippen molar-refractivity contribution in [1.82, 2.24) is 5.32 Å². The van der Waals surface area contributed by atoms with Crippen molar-refractivity contribution in [3.8, 4) is 17.2 Å². The Morgan fingerprint density at radius 3 is 2.40 bits per heavy atom. The van der Waals surface area contributed by atoms with Gasteiger partial charge < -0.3 is 19.5 Å². The number of methoxy groups -OCH3 is 1. The lowest BCUT2D eigenvalue weighted by molar-refractivity contribution is 0.269. The maximum absolute atomic E-state index is 6.24. The van der Waals surface area contributed by atoms with Gasteiger partial charge in [0.2, 0.25) is 0 Å². The molecule has 0 fully saturated rings. The Kier molecular flexibility index (Phi) is 8.26. The van der Waals surface area contributed by atoms with Crippen LogP contribution in [0.15, 0.2) is 60.7 Å². The third-order valence-electron chi connectivity index (χ3n) is 4.54. The summed E-state index contributed by atoms with van der Waals surface area (Å²) in [5, 5.41) is 4.63. The van der Waals surface area contributed by atoms with E-state index in [4.69, 9.17) is 37.4 Å². The average molecular weight is 446 g/mol. The predicted octanol–water partition coefficient (Wildman–Crippen LogP) is 6.27. The van der Waals surface area contributed by atoms with Gasteiger partial charge in [-0.15, -0.1) is 0 Å². The summed E-state index contributed by atoms with van der Waals surface area (Å²) in [6.07, 6.45) is 0. The van der Waals surface area contributed by atoms with Gasteiger partial charge in [-0.25, -0.2) is 0 Å². The molecule has 1 N–H and O–H groups in total. The summed E-state index contributed by atoms with van der Waals surface area (Å²) in [5.74, 6) is 2.26. The number of hydrogen-bond donors (Lipinski definition) is 1. The molecule has 0 aliphatic heterocycles. The Balaban J connectivity index is 1.64.